The standard InChI is InChI=1S/C18H19ClN4OS2/c1-11(2)16(14-4-3-9-26-14)20-15(24)10-23-17(21-22-18(23)25)12-5-7-13(19)8-6-12/h3-9,11,16H,10H2,1-2H3,(H,20,24)(H,22,25). The fourth-order valence-corrected chi connectivity index (χ4v) is 3.95. The third kappa shape index (κ3) is 4.23. The average Bonchev–Trinajstić information content (AvgIpc) is 3.24. The number of hydrogen-bond acceptors (Lipinski definition) is 4. The lowest BCUT2D eigenvalue weighted by Gasteiger charge is -2.21. The Morgan fingerprint density at radius 3 is 2.69 bits per heavy atom. The molecule has 0 aliphatic rings. The van der Waals surface area contributed by atoms with E-state index in [1.165, 1.54) is 0 Å². The molecule has 1 unspecified atom stereocenters. The summed E-state index contributed by atoms with van der Waals surface area (Å²) in [5, 5.41) is 12.8. The molecule has 3 aromatic rings. The maximum absolute atomic E-state index is 12.7. The van der Waals surface area contributed by atoms with Crippen molar-refractivity contribution in [2.45, 2.75) is 26.4 Å². The van der Waals surface area contributed by atoms with Crippen LogP contribution in [0.15, 0.2) is 41.8 Å². The molecule has 26 heavy (non-hydrogen) atoms. The van der Waals surface area contributed by atoms with Gasteiger partial charge in [0.05, 0.1) is 6.04 Å². The van der Waals surface area contributed by atoms with Gasteiger partial charge in [-0.1, -0.05) is 31.5 Å². The summed E-state index contributed by atoms with van der Waals surface area (Å²) in [7, 11) is 0. The van der Waals surface area contributed by atoms with Crippen molar-refractivity contribution in [1.29, 1.82) is 0 Å². The van der Waals surface area contributed by atoms with Crippen molar-refractivity contribution in [2.24, 2.45) is 5.92 Å². The second-order valence-corrected chi connectivity index (χ2v) is 8.05. The zero-order chi connectivity index (χ0) is 18.7. The van der Waals surface area contributed by atoms with E-state index in [2.05, 4.69) is 29.4 Å². The molecule has 0 saturated heterocycles. The zero-order valence-electron chi connectivity index (χ0n) is 14.4. The number of thiophene rings is 1. The molecular weight excluding hydrogens is 388 g/mol. The van der Waals surface area contributed by atoms with Crippen LogP contribution in [0.2, 0.25) is 5.02 Å². The van der Waals surface area contributed by atoms with Crippen molar-refractivity contribution in [3.8, 4) is 11.4 Å². The highest BCUT2D eigenvalue weighted by Gasteiger charge is 2.20. The Morgan fingerprint density at radius 2 is 2.08 bits per heavy atom. The lowest BCUT2D eigenvalue weighted by molar-refractivity contribution is -0.122. The molecule has 0 saturated carbocycles. The van der Waals surface area contributed by atoms with Crippen LogP contribution in [0.1, 0.15) is 24.8 Å². The molecule has 0 radical (unpaired) electrons. The molecule has 1 atom stereocenters. The van der Waals surface area contributed by atoms with E-state index in [9.17, 15) is 4.79 Å². The van der Waals surface area contributed by atoms with Crippen LogP contribution in [-0.2, 0) is 11.3 Å². The van der Waals surface area contributed by atoms with Gasteiger partial charge in [0.2, 0.25) is 5.91 Å². The first-order chi connectivity index (χ1) is 12.5. The monoisotopic (exact) mass is 406 g/mol. The Balaban J connectivity index is 1.80. The highest BCUT2D eigenvalue weighted by molar-refractivity contribution is 7.71. The Morgan fingerprint density at radius 1 is 1.35 bits per heavy atom. The van der Waals surface area contributed by atoms with Gasteiger partial charge in [0, 0.05) is 15.5 Å². The Kier molecular flexibility index (Phi) is 5.90. The molecule has 0 bridgehead atoms. The minimum atomic E-state index is -0.107. The molecule has 0 aliphatic carbocycles. The normalized spacial score (nSPS) is 12.3. The predicted molar refractivity (Wildman–Crippen MR) is 108 cm³/mol. The van der Waals surface area contributed by atoms with Crippen LogP contribution < -0.4 is 5.32 Å². The number of rotatable bonds is 6. The molecular formula is C18H19ClN4OS2. The van der Waals surface area contributed by atoms with Crippen molar-refractivity contribution in [2.75, 3.05) is 0 Å². The number of carbonyl (C=O) groups excluding carboxylic acids is 1. The summed E-state index contributed by atoms with van der Waals surface area (Å²) in [4.78, 5) is 13.8. The second-order valence-electron chi connectivity index (χ2n) is 6.25. The molecule has 1 amide bonds. The Labute approximate surface area is 166 Å². The van der Waals surface area contributed by atoms with Gasteiger partial charge < -0.3 is 5.32 Å². The summed E-state index contributed by atoms with van der Waals surface area (Å²) >= 11 is 12.9. The van der Waals surface area contributed by atoms with E-state index in [4.69, 9.17) is 23.8 Å². The van der Waals surface area contributed by atoms with E-state index in [1.54, 1.807) is 28.0 Å². The second kappa shape index (κ2) is 8.16. The number of amides is 1. The number of benzene rings is 1. The summed E-state index contributed by atoms with van der Waals surface area (Å²) in [5.41, 5.74) is 0.841. The third-order valence-corrected chi connectivity index (χ3v) is 5.51. The van der Waals surface area contributed by atoms with Crippen molar-refractivity contribution in [1.82, 2.24) is 20.1 Å². The van der Waals surface area contributed by atoms with Crippen LogP contribution >= 0.6 is 35.2 Å². The summed E-state index contributed by atoms with van der Waals surface area (Å²) in [5.74, 6) is 0.787. The van der Waals surface area contributed by atoms with Gasteiger partial charge >= 0.3 is 0 Å². The van der Waals surface area contributed by atoms with Gasteiger partial charge in [-0.05, 0) is 53.8 Å². The SMILES string of the molecule is CC(C)C(NC(=O)Cn1c(-c2ccc(Cl)cc2)n[nH]c1=S)c1cccs1. The van der Waals surface area contributed by atoms with Crippen LogP contribution in [0.5, 0.6) is 0 Å². The van der Waals surface area contributed by atoms with Gasteiger partial charge in [0.1, 0.15) is 6.54 Å². The van der Waals surface area contributed by atoms with Crippen molar-refractivity contribution in [3.63, 3.8) is 0 Å². The molecule has 3 rings (SSSR count). The van der Waals surface area contributed by atoms with Gasteiger partial charge in [0.15, 0.2) is 10.6 Å². The molecule has 1 aromatic carbocycles. The van der Waals surface area contributed by atoms with Crippen LogP contribution in [0, 0.1) is 10.7 Å². The first-order valence-corrected chi connectivity index (χ1v) is 9.86. The Hall–Kier alpha value is -1.96. The molecule has 8 heteroatoms. The number of hydrogen-bond donors (Lipinski definition) is 2. The lowest BCUT2D eigenvalue weighted by atomic mass is 10.0. The molecule has 2 aromatic heterocycles. The summed E-state index contributed by atoms with van der Waals surface area (Å²) in [6, 6.07) is 11.3. The minimum absolute atomic E-state index is 0.0254. The van der Waals surface area contributed by atoms with Gasteiger partial charge in [-0.25, -0.2) is 0 Å². The average molecular weight is 407 g/mol. The highest BCUT2D eigenvalue weighted by Crippen LogP contribution is 2.26. The minimum Gasteiger partial charge on any atom is -0.347 e. The van der Waals surface area contributed by atoms with Crippen molar-refractivity contribution in [3.05, 3.63) is 56.4 Å². The number of halogens is 1. The number of aromatic amines is 1. The van der Waals surface area contributed by atoms with E-state index in [0.717, 1.165) is 10.4 Å². The molecule has 5 nitrogen and oxygen atoms in total. The maximum Gasteiger partial charge on any atom is 0.240 e. The van der Waals surface area contributed by atoms with Gasteiger partial charge in [-0.2, -0.15) is 5.10 Å². The van der Waals surface area contributed by atoms with E-state index in [-0.39, 0.29) is 24.4 Å². The van der Waals surface area contributed by atoms with Crippen LogP contribution in [0.4, 0.5) is 0 Å². The fraction of sp³-hybridized carbons (Fsp3) is 0.278. The van der Waals surface area contributed by atoms with Crippen molar-refractivity contribution >= 4 is 41.1 Å². The quantitative estimate of drug-likeness (QED) is 0.576. The van der Waals surface area contributed by atoms with Crippen molar-refractivity contribution < 1.29 is 4.79 Å². The first kappa shape index (κ1) is 18.8. The van der Waals surface area contributed by atoms with E-state index in [1.807, 2.05) is 29.6 Å². The topological polar surface area (TPSA) is 62.7 Å². The molecule has 2 heterocycles. The van der Waals surface area contributed by atoms with Crippen LogP contribution in [0.25, 0.3) is 11.4 Å². The lowest BCUT2D eigenvalue weighted by Crippen LogP contribution is -2.34. The van der Waals surface area contributed by atoms with Crippen LogP contribution in [0.3, 0.4) is 0 Å². The summed E-state index contributed by atoms with van der Waals surface area (Å²) in [6.45, 7) is 4.28. The van der Waals surface area contributed by atoms with Gasteiger partial charge in [-0.15, -0.1) is 11.3 Å². The van der Waals surface area contributed by atoms with Gasteiger partial charge in [-0.3, -0.25) is 14.5 Å². The molecule has 0 aliphatic heterocycles. The summed E-state index contributed by atoms with van der Waals surface area (Å²) in [6.07, 6.45) is 0. The molecule has 136 valence electrons. The number of nitrogens with one attached hydrogen (secondary N) is 2. The fourth-order valence-electron chi connectivity index (χ4n) is 2.68. The number of aromatic nitrogens is 3. The highest BCUT2D eigenvalue weighted by atomic mass is 35.5. The van der Waals surface area contributed by atoms with E-state index >= 15 is 0 Å². The number of nitrogens with zero attached hydrogens (tertiary/aromatic N) is 2. The van der Waals surface area contributed by atoms with Gasteiger partial charge in [0.25, 0.3) is 0 Å². The molecule has 0 spiro atoms. The van der Waals surface area contributed by atoms with Crippen LogP contribution in [-0.4, -0.2) is 20.7 Å². The molecule has 0 fully saturated rings. The zero-order valence-corrected chi connectivity index (χ0v) is 16.8. The van der Waals surface area contributed by atoms with E-state index < -0.39 is 0 Å². The third-order valence-electron chi connectivity index (χ3n) is 4.00. The maximum atomic E-state index is 12.7. The summed E-state index contributed by atoms with van der Waals surface area (Å²) < 4.78 is 2.10. The first-order valence-electron chi connectivity index (χ1n) is 8.19. The van der Waals surface area contributed by atoms with E-state index in [0.29, 0.717) is 15.6 Å². The Bertz CT molecular complexity index is 929. The smallest absolute Gasteiger partial charge is 0.240 e. The largest absolute Gasteiger partial charge is 0.347 e. The number of carbonyl (C=O) groups is 1. The molecule has 2 N–H and O–H groups in total. The predicted octanol–water partition coefficient (Wildman–Crippen LogP) is 4.84. The number of H-pyrrole nitrogens is 1.